The largest absolute Gasteiger partial charge is 0.378 e. The van der Waals surface area contributed by atoms with Gasteiger partial charge in [0.15, 0.2) is 5.11 Å². The van der Waals surface area contributed by atoms with E-state index < -0.39 is 0 Å². The van der Waals surface area contributed by atoms with E-state index in [9.17, 15) is 4.79 Å². The maximum Gasteiger partial charge on any atom is 0.257 e. The number of amides is 1. The molecule has 1 saturated heterocycles. The summed E-state index contributed by atoms with van der Waals surface area (Å²) < 4.78 is 5.36. The Hall–Kier alpha value is -2.15. The predicted molar refractivity (Wildman–Crippen MR) is 105 cm³/mol. The summed E-state index contributed by atoms with van der Waals surface area (Å²) in [5, 5.41) is 6.49. The van der Waals surface area contributed by atoms with Crippen LogP contribution in [-0.2, 0) is 4.74 Å². The van der Waals surface area contributed by atoms with Gasteiger partial charge in [0.25, 0.3) is 5.91 Å². The van der Waals surface area contributed by atoms with Gasteiger partial charge < -0.3 is 15.0 Å². The molecule has 1 aliphatic rings. The van der Waals surface area contributed by atoms with E-state index in [-0.39, 0.29) is 11.0 Å². The molecule has 1 fully saturated rings. The molecule has 2 N–H and O–H groups in total. The van der Waals surface area contributed by atoms with Crippen LogP contribution in [0.5, 0.6) is 0 Å². The van der Waals surface area contributed by atoms with E-state index >= 15 is 0 Å². The standard InChI is InChI=1S/C18H18ClN3O2S/c19-15-12-14(6-7-16(15)22-8-10-24-11-9-22)20-18(25)21-17(23)13-4-2-1-3-5-13/h1-7,12H,8-11H2,(H2,20,21,23,25). The Balaban J connectivity index is 1.61. The number of hydrogen-bond acceptors (Lipinski definition) is 4. The fraction of sp³-hybridized carbons (Fsp3) is 0.222. The molecule has 2 aromatic rings. The third kappa shape index (κ3) is 4.69. The monoisotopic (exact) mass is 375 g/mol. The molecule has 0 aromatic heterocycles. The number of carbonyl (C=O) groups excluding carboxylic acids is 1. The molecule has 0 atom stereocenters. The van der Waals surface area contributed by atoms with Crippen LogP contribution in [0.4, 0.5) is 11.4 Å². The molecule has 3 rings (SSSR count). The lowest BCUT2D eigenvalue weighted by atomic mass is 10.2. The molecule has 0 saturated carbocycles. The number of benzene rings is 2. The fourth-order valence-electron chi connectivity index (χ4n) is 2.57. The number of halogens is 1. The van der Waals surface area contributed by atoms with Crippen molar-refractivity contribution in [3.05, 3.63) is 59.1 Å². The van der Waals surface area contributed by atoms with E-state index in [4.69, 9.17) is 28.6 Å². The van der Waals surface area contributed by atoms with Crippen LogP contribution in [0.1, 0.15) is 10.4 Å². The number of hydrogen-bond donors (Lipinski definition) is 2. The van der Waals surface area contributed by atoms with Crippen molar-refractivity contribution in [3.63, 3.8) is 0 Å². The van der Waals surface area contributed by atoms with Gasteiger partial charge in [-0.15, -0.1) is 0 Å². The first-order valence-electron chi connectivity index (χ1n) is 7.93. The van der Waals surface area contributed by atoms with Gasteiger partial charge in [0.1, 0.15) is 0 Å². The molecule has 0 aliphatic carbocycles. The second-order valence-electron chi connectivity index (χ2n) is 5.54. The Labute approximate surface area is 156 Å². The van der Waals surface area contributed by atoms with Gasteiger partial charge in [-0.1, -0.05) is 29.8 Å². The van der Waals surface area contributed by atoms with Crippen molar-refractivity contribution >= 4 is 46.2 Å². The van der Waals surface area contributed by atoms with E-state index in [0.29, 0.717) is 23.8 Å². The molecule has 2 aromatic carbocycles. The van der Waals surface area contributed by atoms with E-state index in [1.807, 2.05) is 18.2 Å². The van der Waals surface area contributed by atoms with Gasteiger partial charge in [-0.25, -0.2) is 0 Å². The van der Waals surface area contributed by atoms with Crippen LogP contribution in [0.25, 0.3) is 0 Å². The molecular formula is C18H18ClN3O2S. The molecular weight excluding hydrogens is 358 g/mol. The summed E-state index contributed by atoms with van der Waals surface area (Å²) in [4.78, 5) is 14.3. The molecule has 1 amide bonds. The third-order valence-electron chi connectivity index (χ3n) is 3.82. The second kappa shape index (κ2) is 8.29. The minimum Gasteiger partial charge on any atom is -0.378 e. The lowest BCUT2D eigenvalue weighted by molar-refractivity contribution is 0.0977. The van der Waals surface area contributed by atoms with Crippen LogP contribution in [0, 0.1) is 0 Å². The number of carbonyl (C=O) groups is 1. The highest BCUT2D eigenvalue weighted by molar-refractivity contribution is 7.80. The second-order valence-corrected chi connectivity index (χ2v) is 6.36. The number of nitrogens with one attached hydrogen (secondary N) is 2. The van der Waals surface area contributed by atoms with Gasteiger partial charge in [-0.05, 0) is 42.5 Å². The van der Waals surface area contributed by atoms with Gasteiger partial charge in [0.05, 0.1) is 23.9 Å². The van der Waals surface area contributed by atoms with Crippen LogP contribution < -0.4 is 15.5 Å². The van der Waals surface area contributed by atoms with Crippen molar-refractivity contribution in [2.75, 3.05) is 36.5 Å². The molecule has 5 nitrogen and oxygen atoms in total. The van der Waals surface area contributed by atoms with E-state index in [2.05, 4.69) is 15.5 Å². The van der Waals surface area contributed by atoms with Crippen molar-refractivity contribution in [1.29, 1.82) is 0 Å². The minimum atomic E-state index is -0.255. The number of nitrogens with zero attached hydrogens (tertiary/aromatic N) is 1. The van der Waals surface area contributed by atoms with E-state index in [1.165, 1.54) is 0 Å². The molecule has 130 valence electrons. The van der Waals surface area contributed by atoms with Crippen molar-refractivity contribution in [1.82, 2.24) is 5.32 Å². The zero-order valence-electron chi connectivity index (χ0n) is 13.5. The fourth-order valence-corrected chi connectivity index (χ4v) is 3.08. The average Bonchev–Trinajstić information content (AvgIpc) is 2.63. The molecule has 7 heteroatoms. The smallest absolute Gasteiger partial charge is 0.257 e. The zero-order chi connectivity index (χ0) is 17.6. The Morgan fingerprint density at radius 2 is 1.84 bits per heavy atom. The Kier molecular flexibility index (Phi) is 5.86. The quantitative estimate of drug-likeness (QED) is 0.806. The number of morpholine rings is 1. The maximum atomic E-state index is 12.1. The summed E-state index contributed by atoms with van der Waals surface area (Å²) in [6.07, 6.45) is 0. The predicted octanol–water partition coefficient (Wildman–Crippen LogP) is 3.30. The Morgan fingerprint density at radius 1 is 1.12 bits per heavy atom. The van der Waals surface area contributed by atoms with E-state index in [1.54, 1.807) is 30.3 Å². The van der Waals surface area contributed by atoms with Gasteiger partial charge in [0.2, 0.25) is 0 Å². The summed E-state index contributed by atoms with van der Waals surface area (Å²) in [5.41, 5.74) is 2.24. The summed E-state index contributed by atoms with van der Waals surface area (Å²) >= 11 is 11.6. The number of anilines is 2. The molecule has 1 aliphatic heterocycles. The highest BCUT2D eigenvalue weighted by Crippen LogP contribution is 2.29. The topological polar surface area (TPSA) is 53.6 Å². The molecule has 0 bridgehead atoms. The Morgan fingerprint density at radius 3 is 2.52 bits per heavy atom. The normalized spacial score (nSPS) is 14.0. The lowest BCUT2D eigenvalue weighted by Crippen LogP contribution is -2.36. The lowest BCUT2D eigenvalue weighted by Gasteiger charge is -2.29. The summed E-state index contributed by atoms with van der Waals surface area (Å²) in [6, 6.07) is 14.5. The number of ether oxygens (including phenoxy) is 1. The first-order valence-corrected chi connectivity index (χ1v) is 8.72. The van der Waals surface area contributed by atoms with E-state index in [0.717, 1.165) is 24.5 Å². The number of thiocarbonyl (C=S) groups is 1. The molecule has 0 unspecified atom stereocenters. The van der Waals surface area contributed by atoms with Crippen LogP contribution in [0.15, 0.2) is 48.5 Å². The number of rotatable bonds is 3. The SMILES string of the molecule is O=C(NC(=S)Nc1ccc(N2CCOCC2)c(Cl)c1)c1ccccc1. The third-order valence-corrected chi connectivity index (χ3v) is 4.33. The van der Waals surface area contributed by atoms with Crippen LogP contribution in [-0.4, -0.2) is 37.3 Å². The van der Waals surface area contributed by atoms with Crippen LogP contribution in [0.3, 0.4) is 0 Å². The van der Waals surface area contributed by atoms with Gasteiger partial charge in [0, 0.05) is 24.3 Å². The maximum absolute atomic E-state index is 12.1. The highest BCUT2D eigenvalue weighted by Gasteiger charge is 2.15. The average molecular weight is 376 g/mol. The molecule has 25 heavy (non-hydrogen) atoms. The zero-order valence-corrected chi connectivity index (χ0v) is 15.1. The summed E-state index contributed by atoms with van der Waals surface area (Å²) in [5.74, 6) is -0.255. The van der Waals surface area contributed by atoms with Crippen molar-refractivity contribution in [2.45, 2.75) is 0 Å². The van der Waals surface area contributed by atoms with Crippen LogP contribution in [0.2, 0.25) is 5.02 Å². The highest BCUT2D eigenvalue weighted by atomic mass is 35.5. The van der Waals surface area contributed by atoms with Crippen molar-refractivity contribution in [3.8, 4) is 0 Å². The van der Waals surface area contributed by atoms with Crippen molar-refractivity contribution in [2.24, 2.45) is 0 Å². The first kappa shape index (κ1) is 17.7. The van der Waals surface area contributed by atoms with Gasteiger partial charge >= 0.3 is 0 Å². The van der Waals surface area contributed by atoms with Crippen LogP contribution >= 0.6 is 23.8 Å². The summed E-state index contributed by atoms with van der Waals surface area (Å²) in [6.45, 7) is 3.04. The molecule has 0 spiro atoms. The van der Waals surface area contributed by atoms with Crippen molar-refractivity contribution < 1.29 is 9.53 Å². The first-order chi connectivity index (χ1) is 12.1. The van der Waals surface area contributed by atoms with Gasteiger partial charge in [-0.2, -0.15) is 0 Å². The minimum absolute atomic E-state index is 0.226. The molecule has 1 heterocycles. The summed E-state index contributed by atoms with van der Waals surface area (Å²) in [7, 11) is 0. The Bertz CT molecular complexity index is 764. The van der Waals surface area contributed by atoms with Gasteiger partial charge in [-0.3, -0.25) is 10.1 Å². The molecule has 0 radical (unpaired) electrons.